The summed E-state index contributed by atoms with van der Waals surface area (Å²) in [5, 5.41) is 24.6. The number of nitrogens with zero attached hydrogens (tertiary/aromatic N) is 1. The number of aromatic hydroxyl groups is 1. The Kier molecular flexibility index (Phi) is 5.44. The van der Waals surface area contributed by atoms with Crippen LogP contribution in [0.3, 0.4) is 0 Å². The maximum Gasteiger partial charge on any atom is 0.310 e. The van der Waals surface area contributed by atoms with Crippen LogP contribution in [0.1, 0.15) is 42.7 Å². The van der Waals surface area contributed by atoms with E-state index >= 15 is 0 Å². The Balaban J connectivity index is 1.78. The molecule has 0 aliphatic heterocycles. The number of rotatable bonds is 6. The average Bonchev–Trinajstić information content (AvgIpc) is 2.75. The fourth-order valence-corrected chi connectivity index (χ4v) is 4.66. The Morgan fingerprint density at radius 3 is 2.60 bits per heavy atom. The highest BCUT2D eigenvalue weighted by Crippen LogP contribution is 2.55. The fraction of sp³-hybridized carbons (Fsp3) is 0.348. The summed E-state index contributed by atoms with van der Waals surface area (Å²) in [5.41, 5.74) is 6.10. The smallest absolute Gasteiger partial charge is 0.310 e. The third-order valence-electron chi connectivity index (χ3n) is 5.88. The standard InChI is InChI=1S/C23H24N2O5/c1-2-10-30-23(29)21-19-16-11-14(26)8-9-15(16)17(20(21)22(27)28)12-18(19)25-24-13-6-4-3-5-7-13/h3-9,11,17,19-21,24,26H,2,10,12H2,1H3,(H,27,28). The van der Waals surface area contributed by atoms with Crippen LogP contribution in [0.2, 0.25) is 0 Å². The topological polar surface area (TPSA) is 108 Å². The van der Waals surface area contributed by atoms with Gasteiger partial charge in [0.1, 0.15) is 5.75 Å². The summed E-state index contributed by atoms with van der Waals surface area (Å²) in [5.74, 6) is -4.25. The van der Waals surface area contributed by atoms with Gasteiger partial charge in [-0.25, -0.2) is 0 Å². The van der Waals surface area contributed by atoms with Crippen molar-refractivity contribution in [1.29, 1.82) is 0 Å². The Morgan fingerprint density at radius 2 is 1.90 bits per heavy atom. The van der Waals surface area contributed by atoms with Crippen LogP contribution in [0, 0.1) is 11.8 Å². The van der Waals surface area contributed by atoms with E-state index < -0.39 is 35.6 Å². The Labute approximate surface area is 174 Å². The van der Waals surface area contributed by atoms with Crippen molar-refractivity contribution in [3.8, 4) is 5.75 Å². The minimum absolute atomic E-state index is 0.0734. The Hall–Kier alpha value is -3.35. The first-order chi connectivity index (χ1) is 14.5. The van der Waals surface area contributed by atoms with Gasteiger partial charge in [0.2, 0.25) is 0 Å². The molecule has 5 rings (SSSR count). The number of carbonyl (C=O) groups excluding carboxylic acids is 1. The molecular weight excluding hydrogens is 384 g/mol. The number of phenols is 1. The Morgan fingerprint density at radius 1 is 1.13 bits per heavy atom. The van der Waals surface area contributed by atoms with E-state index in [0.29, 0.717) is 18.6 Å². The van der Waals surface area contributed by atoms with Crippen molar-refractivity contribution in [3.63, 3.8) is 0 Å². The molecule has 156 valence electrons. The van der Waals surface area contributed by atoms with Crippen molar-refractivity contribution in [2.45, 2.75) is 31.6 Å². The van der Waals surface area contributed by atoms with Crippen LogP contribution in [0.4, 0.5) is 5.69 Å². The summed E-state index contributed by atoms with van der Waals surface area (Å²) in [6.45, 7) is 2.12. The number of aliphatic carboxylic acids is 1. The van der Waals surface area contributed by atoms with Crippen molar-refractivity contribution in [3.05, 3.63) is 59.7 Å². The maximum absolute atomic E-state index is 13.0. The molecule has 4 unspecified atom stereocenters. The lowest BCUT2D eigenvalue weighted by Gasteiger charge is -2.47. The number of anilines is 1. The summed E-state index contributed by atoms with van der Waals surface area (Å²) in [7, 11) is 0. The predicted molar refractivity (Wildman–Crippen MR) is 112 cm³/mol. The molecule has 2 aromatic rings. The number of phenolic OH excluding ortho intramolecular Hbond substituents is 1. The summed E-state index contributed by atoms with van der Waals surface area (Å²) in [4.78, 5) is 25.1. The van der Waals surface area contributed by atoms with E-state index in [0.717, 1.165) is 16.8 Å². The van der Waals surface area contributed by atoms with Crippen molar-refractivity contribution in [1.82, 2.24) is 0 Å². The highest BCUT2D eigenvalue weighted by Gasteiger charge is 2.56. The number of para-hydroxylation sites is 1. The minimum atomic E-state index is -1.02. The van der Waals surface area contributed by atoms with Crippen LogP contribution in [0.15, 0.2) is 53.6 Å². The lowest BCUT2D eigenvalue weighted by Crippen LogP contribution is -2.50. The molecule has 3 N–H and O–H groups in total. The molecule has 0 amide bonds. The van der Waals surface area contributed by atoms with Crippen LogP contribution in [0.5, 0.6) is 5.75 Å². The first-order valence-electron chi connectivity index (χ1n) is 10.1. The van der Waals surface area contributed by atoms with Gasteiger partial charge >= 0.3 is 11.9 Å². The van der Waals surface area contributed by atoms with E-state index in [1.165, 1.54) is 0 Å². The lowest BCUT2D eigenvalue weighted by atomic mass is 9.55. The summed E-state index contributed by atoms with van der Waals surface area (Å²) in [6.07, 6.45) is 1.08. The quantitative estimate of drug-likeness (QED) is 0.497. The van der Waals surface area contributed by atoms with Gasteiger partial charge in [0.05, 0.1) is 24.1 Å². The van der Waals surface area contributed by atoms with E-state index in [1.54, 1.807) is 18.2 Å². The van der Waals surface area contributed by atoms with Crippen LogP contribution >= 0.6 is 0 Å². The van der Waals surface area contributed by atoms with E-state index in [2.05, 4.69) is 10.5 Å². The van der Waals surface area contributed by atoms with Gasteiger partial charge in [-0.1, -0.05) is 31.2 Å². The molecule has 30 heavy (non-hydrogen) atoms. The highest BCUT2D eigenvalue weighted by molar-refractivity contribution is 6.02. The van der Waals surface area contributed by atoms with Crippen molar-refractivity contribution in [2.24, 2.45) is 16.9 Å². The molecule has 0 spiro atoms. The minimum Gasteiger partial charge on any atom is -0.508 e. The normalized spacial score (nSPS) is 25.6. The first kappa shape index (κ1) is 19.9. The number of ether oxygens (including phenoxy) is 1. The molecule has 0 radical (unpaired) electrons. The number of hydrogen-bond donors (Lipinski definition) is 3. The van der Waals surface area contributed by atoms with Gasteiger partial charge in [-0.15, -0.1) is 0 Å². The van der Waals surface area contributed by atoms with E-state index in [-0.39, 0.29) is 12.4 Å². The molecule has 7 heteroatoms. The SMILES string of the molecule is CCCOC(=O)C1C2C(=NNc3ccccc3)CC(c3ccc(O)cc32)C1C(=O)O. The number of carboxylic acids is 1. The fourth-order valence-electron chi connectivity index (χ4n) is 4.66. The molecule has 0 heterocycles. The zero-order chi connectivity index (χ0) is 21.3. The van der Waals surface area contributed by atoms with Crippen LogP contribution in [-0.2, 0) is 14.3 Å². The first-order valence-corrected chi connectivity index (χ1v) is 10.1. The molecule has 3 aliphatic rings. The number of carboxylic acid groups (broad SMARTS) is 1. The second kappa shape index (κ2) is 8.18. The number of nitrogens with one attached hydrogen (secondary N) is 1. The van der Waals surface area contributed by atoms with Crippen molar-refractivity contribution in [2.75, 3.05) is 12.0 Å². The average molecular weight is 408 g/mol. The lowest BCUT2D eigenvalue weighted by molar-refractivity contribution is -0.160. The zero-order valence-electron chi connectivity index (χ0n) is 16.6. The van der Waals surface area contributed by atoms with Gasteiger partial charge < -0.3 is 14.9 Å². The molecule has 3 aliphatic carbocycles. The van der Waals surface area contributed by atoms with Crippen molar-refractivity contribution < 1.29 is 24.5 Å². The number of hydrogen-bond acceptors (Lipinski definition) is 6. The second-order valence-corrected chi connectivity index (χ2v) is 7.74. The highest BCUT2D eigenvalue weighted by atomic mass is 16.5. The maximum atomic E-state index is 13.0. The van der Waals surface area contributed by atoms with E-state index in [9.17, 15) is 19.8 Å². The van der Waals surface area contributed by atoms with Gasteiger partial charge in [0, 0.05) is 17.5 Å². The molecule has 1 saturated carbocycles. The number of hydrazone groups is 1. The number of carbonyl (C=O) groups is 2. The molecule has 1 fully saturated rings. The molecule has 7 nitrogen and oxygen atoms in total. The summed E-state index contributed by atoms with van der Waals surface area (Å²) >= 11 is 0. The number of benzene rings is 2. The van der Waals surface area contributed by atoms with Gasteiger partial charge in [0.25, 0.3) is 0 Å². The summed E-state index contributed by atoms with van der Waals surface area (Å²) < 4.78 is 5.38. The number of esters is 1. The zero-order valence-corrected chi connectivity index (χ0v) is 16.6. The third-order valence-corrected chi connectivity index (χ3v) is 5.88. The van der Waals surface area contributed by atoms with Gasteiger partial charge in [-0.05, 0) is 48.2 Å². The monoisotopic (exact) mass is 408 g/mol. The van der Waals surface area contributed by atoms with Gasteiger partial charge in [0.15, 0.2) is 0 Å². The van der Waals surface area contributed by atoms with Crippen LogP contribution < -0.4 is 5.43 Å². The van der Waals surface area contributed by atoms with Gasteiger partial charge in [-0.3, -0.25) is 15.0 Å². The Bertz CT molecular complexity index is 988. The third kappa shape index (κ3) is 3.51. The second-order valence-electron chi connectivity index (χ2n) is 7.74. The largest absolute Gasteiger partial charge is 0.508 e. The molecule has 4 atom stereocenters. The summed E-state index contributed by atoms with van der Waals surface area (Å²) in [6, 6.07) is 14.3. The van der Waals surface area contributed by atoms with E-state index in [4.69, 9.17) is 4.74 Å². The molecule has 0 aromatic heterocycles. The molecular formula is C23H24N2O5. The molecule has 2 aromatic carbocycles. The van der Waals surface area contributed by atoms with Crippen LogP contribution in [-0.4, -0.2) is 34.5 Å². The number of fused-ring (bicyclic) bond motifs is 2. The van der Waals surface area contributed by atoms with Gasteiger partial charge in [-0.2, -0.15) is 5.10 Å². The van der Waals surface area contributed by atoms with Crippen LogP contribution in [0.25, 0.3) is 0 Å². The molecule has 0 saturated heterocycles. The van der Waals surface area contributed by atoms with E-state index in [1.807, 2.05) is 37.3 Å². The molecule has 2 bridgehead atoms. The predicted octanol–water partition coefficient (Wildman–Crippen LogP) is 3.72. The van der Waals surface area contributed by atoms with Crippen molar-refractivity contribution >= 4 is 23.3 Å².